The predicted molar refractivity (Wildman–Crippen MR) is 118 cm³/mol. The number of nitrogens with zero attached hydrogens (tertiary/aromatic N) is 4. The SMILES string of the molecule is CNc1nc(Nc2cn(CC(NC(=O)OCc3ccccc3)C(=O)O)nc2C)ncc1C(F)(F)F. The number of aryl methyl sites for hydroxylation is 1. The predicted octanol–water partition coefficient (Wildman–Crippen LogP) is 3.17. The van der Waals surface area contributed by atoms with Crippen LogP contribution in [0.15, 0.2) is 42.7 Å². The Balaban J connectivity index is 1.66. The van der Waals surface area contributed by atoms with E-state index in [1.807, 2.05) is 6.07 Å². The van der Waals surface area contributed by atoms with E-state index in [0.29, 0.717) is 17.6 Å². The summed E-state index contributed by atoms with van der Waals surface area (Å²) >= 11 is 0. The van der Waals surface area contributed by atoms with Crippen molar-refractivity contribution >= 4 is 29.5 Å². The first kappa shape index (κ1) is 25.3. The lowest BCUT2D eigenvalue weighted by molar-refractivity contribution is -0.140. The van der Waals surface area contributed by atoms with E-state index in [1.165, 1.54) is 17.9 Å². The van der Waals surface area contributed by atoms with Crippen LogP contribution in [0.5, 0.6) is 0 Å². The lowest BCUT2D eigenvalue weighted by atomic mass is 10.2. The smallest absolute Gasteiger partial charge is 0.421 e. The Hall–Kier alpha value is -4.36. The molecule has 1 atom stereocenters. The van der Waals surface area contributed by atoms with Crippen LogP contribution in [-0.4, -0.2) is 50.0 Å². The van der Waals surface area contributed by atoms with Crippen molar-refractivity contribution in [1.29, 1.82) is 0 Å². The van der Waals surface area contributed by atoms with E-state index in [0.717, 1.165) is 5.56 Å². The number of rotatable bonds is 9. The molecule has 35 heavy (non-hydrogen) atoms. The summed E-state index contributed by atoms with van der Waals surface area (Å²) in [5, 5.41) is 21.1. The number of anilines is 3. The number of carboxylic acids is 1. The van der Waals surface area contributed by atoms with Crippen molar-refractivity contribution in [3.05, 3.63) is 59.5 Å². The maximum absolute atomic E-state index is 13.0. The number of ether oxygens (including phenoxy) is 1. The summed E-state index contributed by atoms with van der Waals surface area (Å²) < 4.78 is 45.4. The van der Waals surface area contributed by atoms with E-state index in [-0.39, 0.29) is 19.1 Å². The molecule has 0 saturated heterocycles. The second-order valence-corrected chi connectivity index (χ2v) is 7.28. The number of hydrogen-bond acceptors (Lipinski definition) is 8. The van der Waals surface area contributed by atoms with Gasteiger partial charge in [0.2, 0.25) is 5.95 Å². The Morgan fingerprint density at radius 1 is 1.23 bits per heavy atom. The summed E-state index contributed by atoms with van der Waals surface area (Å²) in [5.41, 5.74) is 0.449. The fraction of sp³-hybridized carbons (Fsp3) is 0.286. The third kappa shape index (κ3) is 6.82. The van der Waals surface area contributed by atoms with Crippen molar-refractivity contribution in [3.8, 4) is 0 Å². The van der Waals surface area contributed by atoms with Crippen LogP contribution in [0.4, 0.5) is 35.4 Å². The number of benzene rings is 1. The van der Waals surface area contributed by atoms with Crippen molar-refractivity contribution in [2.45, 2.75) is 32.3 Å². The number of carbonyl (C=O) groups is 2. The molecule has 2 heterocycles. The number of alkyl halides is 3. The number of alkyl carbamates (subject to hydrolysis) is 1. The fourth-order valence-electron chi connectivity index (χ4n) is 2.97. The third-order valence-corrected chi connectivity index (χ3v) is 4.70. The normalized spacial score (nSPS) is 12.0. The molecule has 11 nitrogen and oxygen atoms in total. The van der Waals surface area contributed by atoms with Gasteiger partial charge in [0.1, 0.15) is 24.0 Å². The number of aromatic nitrogens is 4. The number of halogens is 3. The molecular formula is C21H22F3N7O4. The summed E-state index contributed by atoms with van der Waals surface area (Å²) in [6.07, 6.45) is -3.48. The average molecular weight is 493 g/mol. The first-order chi connectivity index (χ1) is 16.6. The van der Waals surface area contributed by atoms with Gasteiger partial charge in [0.15, 0.2) is 0 Å². The molecule has 0 radical (unpaired) electrons. The van der Waals surface area contributed by atoms with Gasteiger partial charge < -0.3 is 25.8 Å². The minimum atomic E-state index is -4.63. The lowest BCUT2D eigenvalue weighted by Gasteiger charge is -2.14. The molecule has 4 N–H and O–H groups in total. The van der Waals surface area contributed by atoms with E-state index in [4.69, 9.17) is 4.74 Å². The summed E-state index contributed by atoms with van der Waals surface area (Å²) in [6, 6.07) is 7.51. The quantitative estimate of drug-likeness (QED) is 0.353. The molecule has 0 bridgehead atoms. The highest BCUT2D eigenvalue weighted by atomic mass is 19.4. The van der Waals surface area contributed by atoms with Gasteiger partial charge in [0.25, 0.3) is 0 Å². The highest BCUT2D eigenvalue weighted by Gasteiger charge is 2.35. The van der Waals surface area contributed by atoms with Gasteiger partial charge in [-0.3, -0.25) is 4.68 Å². The maximum Gasteiger partial charge on any atom is 0.421 e. The number of carboxylic acid groups (broad SMARTS) is 1. The number of carbonyl (C=O) groups excluding carboxylic acids is 1. The van der Waals surface area contributed by atoms with Crippen LogP contribution in [-0.2, 0) is 28.9 Å². The molecule has 186 valence electrons. The molecule has 1 amide bonds. The van der Waals surface area contributed by atoms with Crippen molar-refractivity contribution in [2.75, 3.05) is 17.7 Å². The van der Waals surface area contributed by atoms with Crippen molar-refractivity contribution in [2.24, 2.45) is 0 Å². The maximum atomic E-state index is 13.0. The number of amides is 1. The van der Waals surface area contributed by atoms with Crippen molar-refractivity contribution < 1.29 is 32.6 Å². The van der Waals surface area contributed by atoms with Crippen molar-refractivity contribution in [1.82, 2.24) is 25.1 Å². The topological polar surface area (TPSA) is 143 Å². The first-order valence-corrected chi connectivity index (χ1v) is 10.2. The van der Waals surface area contributed by atoms with Gasteiger partial charge in [-0.25, -0.2) is 14.6 Å². The largest absolute Gasteiger partial charge is 0.480 e. The minimum Gasteiger partial charge on any atom is -0.480 e. The van der Waals surface area contributed by atoms with E-state index in [1.54, 1.807) is 31.2 Å². The van der Waals surface area contributed by atoms with Crippen LogP contribution >= 0.6 is 0 Å². The average Bonchev–Trinajstić information content (AvgIpc) is 3.15. The monoisotopic (exact) mass is 493 g/mol. The molecule has 1 unspecified atom stereocenters. The summed E-state index contributed by atoms with van der Waals surface area (Å²) in [4.78, 5) is 31.2. The summed E-state index contributed by atoms with van der Waals surface area (Å²) in [5.74, 6) is -1.85. The zero-order valence-electron chi connectivity index (χ0n) is 18.6. The molecular weight excluding hydrogens is 471 g/mol. The molecule has 14 heteroatoms. The highest BCUT2D eigenvalue weighted by Crippen LogP contribution is 2.33. The van der Waals surface area contributed by atoms with E-state index in [9.17, 15) is 27.9 Å². The van der Waals surface area contributed by atoms with Gasteiger partial charge in [0.05, 0.1) is 17.9 Å². The number of nitrogens with one attached hydrogen (secondary N) is 3. The van der Waals surface area contributed by atoms with Gasteiger partial charge in [0, 0.05) is 19.4 Å². The molecule has 0 aliphatic carbocycles. The Morgan fingerprint density at radius 3 is 2.57 bits per heavy atom. The Bertz CT molecular complexity index is 1190. The first-order valence-electron chi connectivity index (χ1n) is 10.2. The van der Waals surface area contributed by atoms with Gasteiger partial charge in [-0.1, -0.05) is 30.3 Å². The van der Waals surface area contributed by atoms with Crippen LogP contribution in [0.2, 0.25) is 0 Å². The molecule has 3 rings (SSSR count). The van der Waals surface area contributed by atoms with E-state index < -0.39 is 35.7 Å². The molecule has 0 aliphatic heterocycles. The third-order valence-electron chi connectivity index (χ3n) is 4.70. The standard InChI is InChI=1S/C21H22F3N7O4/c1-12-15(27-19-26-8-14(21(22,23)24)17(25-2)29-19)9-31(30-12)10-16(18(32)33)28-20(34)35-11-13-6-4-3-5-7-13/h3-9,16H,10-11H2,1-2H3,(H,28,34)(H,32,33)(H2,25,26,27,29). The van der Waals surface area contributed by atoms with Crippen LogP contribution in [0.3, 0.4) is 0 Å². The van der Waals surface area contributed by atoms with Gasteiger partial charge in [-0.15, -0.1) is 0 Å². The van der Waals surface area contributed by atoms with E-state index >= 15 is 0 Å². The molecule has 0 saturated carbocycles. The zero-order valence-corrected chi connectivity index (χ0v) is 18.6. The Labute approximate surface area is 197 Å². The molecule has 0 aliphatic rings. The minimum absolute atomic E-state index is 0.0321. The molecule has 1 aromatic carbocycles. The molecule has 3 aromatic rings. The number of aliphatic carboxylic acids is 1. The van der Waals surface area contributed by atoms with Crippen LogP contribution < -0.4 is 16.0 Å². The van der Waals surface area contributed by atoms with Crippen molar-refractivity contribution in [3.63, 3.8) is 0 Å². The molecule has 0 fully saturated rings. The van der Waals surface area contributed by atoms with Crippen LogP contribution in [0, 0.1) is 6.92 Å². The summed E-state index contributed by atoms with van der Waals surface area (Å²) in [7, 11) is 1.30. The van der Waals surface area contributed by atoms with Crippen LogP contribution in [0.1, 0.15) is 16.8 Å². The zero-order chi connectivity index (χ0) is 25.6. The number of hydrogen-bond donors (Lipinski definition) is 4. The van der Waals surface area contributed by atoms with Crippen LogP contribution in [0.25, 0.3) is 0 Å². The summed E-state index contributed by atoms with van der Waals surface area (Å²) in [6.45, 7) is 1.32. The lowest BCUT2D eigenvalue weighted by Crippen LogP contribution is -2.44. The Morgan fingerprint density at radius 2 is 1.94 bits per heavy atom. The molecule has 2 aromatic heterocycles. The van der Waals surface area contributed by atoms with E-state index in [2.05, 4.69) is 31.0 Å². The fourth-order valence-corrected chi connectivity index (χ4v) is 2.97. The Kier molecular flexibility index (Phi) is 7.73. The second kappa shape index (κ2) is 10.7. The molecule has 0 spiro atoms. The van der Waals surface area contributed by atoms with Gasteiger partial charge in [-0.2, -0.15) is 23.3 Å². The van der Waals surface area contributed by atoms with Gasteiger partial charge in [-0.05, 0) is 12.5 Å². The van der Waals surface area contributed by atoms with Gasteiger partial charge >= 0.3 is 18.2 Å². The highest BCUT2D eigenvalue weighted by molar-refractivity contribution is 5.79. The second-order valence-electron chi connectivity index (χ2n) is 7.28.